The van der Waals surface area contributed by atoms with Gasteiger partial charge in [0.1, 0.15) is 18.1 Å². The van der Waals surface area contributed by atoms with E-state index in [1.165, 1.54) is 29.3 Å². The number of carbonyl (C=O) groups is 1. The lowest BCUT2D eigenvalue weighted by molar-refractivity contribution is -0.614. The Balaban J connectivity index is 1.52. The summed E-state index contributed by atoms with van der Waals surface area (Å²) in [6.07, 6.45) is 3.31. The highest BCUT2D eigenvalue weighted by Gasteiger charge is 2.28. The van der Waals surface area contributed by atoms with Gasteiger partial charge < -0.3 is 5.21 Å². The minimum atomic E-state index is -0.730. The lowest BCUT2D eigenvalue weighted by Crippen LogP contribution is -2.36. The number of benzene rings is 3. The zero-order chi connectivity index (χ0) is 26.6. The number of rotatable bonds is 8. The first kappa shape index (κ1) is 25.2. The van der Waals surface area contributed by atoms with Crippen LogP contribution in [-0.4, -0.2) is 26.0 Å². The first-order valence-electron chi connectivity index (χ1n) is 12.0. The predicted octanol–water partition coefficient (Wildman–Crippen LogP) is 5.20. The Morgan fingerprint density at radius 3 is 2.45 bits per heavy atom. The Morgan fingerprint density at radius 1 is 1.03 bits per heavy atom. The molecule has 190 valence electrons. The van der Waals surface area contributed by atoms with Gasteiger partial charge in [-0.1, -0.05) is 53.6 Å². The van der Waals surface area contributed by atoms with Gasteiger partial charge in [0.2, 0.25) is 5.69 Å². The smallest absolute Gasteiger partial charge is 0.203 e. The van der Waals surface area contributed by atoms with E-state index in [9.17, 15) is 14.4 Å². The zero-order valence-corrected chi connectivity index (χ0v) is 21.2. The number of tetrazole rings is 1. The molecular formula is C29H23ClFN5O2. The summed E-state index contributed by atoms with van der Waals surface area (Å²) in [6, 6.07) is 22.3. The van der Waals surface area contributed by atoms with Crippen LogP contribution in [0.3, 0.4) is 0 Å². The van der Waals surface area contributed by atoms with Gasteiger partial charge in [-0.25, -0.2) is 4.39 Å². The van der Waals surface area contributed by atoms with Crippen LogP contribution < -0.4 is 4.73 Å². The number of nitrogens with zero attached hydrogens (tertiary/aromatic N) is 5. The first-order chi connectivity index (χ1) is 18.4. The second kappa shape index (κ2) is 10.9. The van der Waals surface area contributed by atoms with Gasteiger partial charge in [0, 0.05) is 28.6 Å². The molecule has 0 bridgehead atoms. The third-order valence-corrected chi connectivity index (χ3v) is 6.64. The lowest BCUT2D eigenvalue weighted by Gasteiger charge is -2.17. The van der Waals surface area contributed by atoms with Crippen LogP contribution in [-0.2, 0) is 17.6 Å². The third-order valence-electron chi connectivity index (χ3n) is 6.41. The van der Waals surface area contributed by atoms with Crippen molar-refractivity contribution in [2.75, 3.05) is 0 Å². The molecule has 5 aromatic rings. The quantitative estimate of drug-likeness (QED) is 0.204. The molecule has 0 radical (unpaired) electrons. The van der Waals surface area contributed by atoms with E-state index in [0.717, 1.165) is 21.4 Å². The summed E-state index contributed by atoms with van der Waals surface area (Å²) in [4.78, 5) is 13.6. The molecule has 7 nitrogen and oxygen atoms in total. The van der Waals surface area contributed by atoms with Crippen LogP contribution in [0, 0.1) is 17.9 Å². The van der Waals surface area contributed by atoms with Gasteiger partial charge in [-0.05, 0) is 71.3 Å². The molecule has 2 aromatic heterocycles. The summed E-state index contributed by atoms with van der Waals surface area (Å²) in [5.74, 6) is -1.20. The molecule has 5 rings (SSSR count). The van der Waals surface area contributed by atoms with Crippen molar-refractivity contribution < 1.29 is 13.9 Å². The van der Waals surface area contributed by atoms with Crippen molar-refractivity contribution in [3.63, 3.8) is 0 Å². The molecule has 0 N–H and O–H groups in total. The molecule has 9 heteroatoms. The number of hydrogen-bond donors (Lipinski definition) is 0. The number of halogens is 2. The van der Waals surface area contributed by atoms with Crippen LogP contribution in [0.1, 0.15) is 28.3 Å². The Morgan fingerprint density at radius 2 is 1.76 bits per heavy atom. The molecule has 0 spiro atoms. The Bertz CT molecular complexity index is 1570. The molecule has 0 aliphatic carbocycles. The van der Waals surface area contributed by atoms with Crippen LogP contribution in [0.5, 0.6) is 0 Å². The number of pyridine rings is 1. The second-order valence-corrected chi connectivity index (χ2v) is 9.53. The highest BCUT2D eigenvalue weighted by atomic mass is 35.5. The van der Waals surface area contributed by atoms with Gasteiger partial charge in [0.15, 0.2) is 12.0 Å². The summed E-state index contributed by atoms with van der Waals surface area (Å²) in [5, 5.41) is 25.2. The van der Waals surface area contributed by atoms with Gasteiger partial charge in [-0.15, -0.1) is 5.10 Å². The summed E-state index contributed by atoms with van der Waals surface area (Å²) >= 11 is 6.26. The highest BCUT2D eigenvalue weighted by molar-refractivity contribution is 6.31. The van der Waals surface area contributed by atoms with E-state index < -0.39 is 5.92 Å². The minimum absolute atomic E-state index is 0.104. The Labute approximate surface area is 223 Å². The average Bonchev–Trinajstić information content (AvgIpc) is 3.45. The van der Waals surface area contributed by atoms with Crippen molar-refractivity contribution >= 4 is 17.4 Å². The van der Waals surface area contributed by atoms with E-state index in [1.54, 1.807) is 42.5 Å². The van der Waals surface area contributed by atoms with Crippen LogP contribution >= 0.6 is 11.6 Å². The number of aryl methyl sites for hydroxylation is 1. The molecule has 1 unspecified atom stereocenters. The molecular weight excluding hydrogens is 505 g/mol. The first-order valence-corrected chi connectivity index (χ1v) is 12.3. The number of ketones is 1. The molecule has 0 saturated heterocycles. The molecule has 3 aromatic carbocycles. The summed E-state index contributed by atoms with van der Waals surface area (Å²) < 4.78 is 15.7. The maximum atomic E-state index is 13.6. The van der Waals surface area contributed by atoms with Crippen molar-refractivity contribution in [2.24, 2.45) is 0 Å². The number of hydrogen-bond acceptors (Lipinski definition) is 5. The molecule has 0 fully saturated rings. The fraction of sp³-hybridized carbons (Fsp3) is 0.138. The maximum Gasteiger partial charge on any atom is 0.203 e. The fourth-order valence-electron chi connectivity index (χ4n) is 4.40. The Hall–Kier alpha value is -4.43. The minimum Gasteiger partial charge on any atom is -0.618 e. The predicted molar refractivity (Wildman–Crippen MR) is 141 cm³/mol. The SMILES string of the molecule is Cc1ccc(CC(=O)C(Cc2ccc(F)cc2)c2ccc(-c3cc(Cl)ccc3-n3cnnn3)c[n+]2[O-])cc1. The molecule has 0 saturated carbocycles. The van der Waals surface area contributed by atoms with Crippen molar-refractivity contribution in [3.05, 3.63) is 130 Å². The number of Topliss-reactive ketones (excluding diaryl/α,β-unsaturated/α-hetero) is 1. The Kier molecular flexibility index (Phi) is 7.24. The van der Waals surface area contributed by atoms with E-state index in [1.807, 2.05) is 31.2 Å². The molecule has 38 heavy (non-hydrogen) atoms. The van der Waals surface area contributed by atoms with E-state index in [2.05, 4.69) is 15.5 Å². The van der Waals surface area contributed by atoms with Gasteiger partial charge in [-0.3, -0.25) is 4.79 Å². The largest absolute Gasteiger partial charge is 0.618 e. The van der Waals surface area contributed by atoms with Crippen LogP contribution in [0.2, 0.25) is 5.02 Å². The van der Waals surface area contributed by atoms with Crippen molar-refractivity contribution in [2.45, 2.75) is 25.7 Å². The normalized spacial score (nSPS) is 11.9. The van der Waals surface area contributed by atoms with Crippen molar-refractivity contribution in [1.29, 1.82) is 0 Å². The van der Waals surface area contributed by atoms with Gasteiger partial charge in [0.05, 0.1) is 5.69 Å². The van der Waals surface area contributed by atoms with Gasteiger partial charge in [-0.2, -0.15) is 9.41 Å². The standard InChI is InChI=1S/C29H23ClFN5O2/c1-19-2-4-21(5-3-19)15-29(37)26(14-20-6-10-24(31)11-7-20)28-12-8-22(17-36(28)38)25-16-23(30)9-13-27(25)35-18-32-33-34-35/h2-13,16-18,26H,14-15H2,1H3. The zero-order valence-electron chi connectivity index (χ0n) is 20.5. The highest BCUT2D eigenvalue weighted by Crippen LogP contribution is 2.30. The molecule has 2 heterocycles. The fourth-order valence-corrected chi connectivity index (χ4v) is 4.57. The van der Waals surface area contributed by atoms with Crippen molar-refractivity contribution in [3.8, 4) is 16.8 Å². The number of aromatic nitrogens is 5. The molecule has 0 amide bonds. The average molecular weight is 528 g/mol. The number of carbonyl (C=O) groups excluding carboxylic acids is 1. The topological polar surface area (TPSA) is 87.6 Å². The van der Waals surface area contributed by atoms with E-state index in [-0.39, 0.29) is 24.4 Å². The lowest BCUT2D eigenvalue weighted by atomic mass is 9.88. The third kappa shape index (κ3) is 5.60. The van der Waals surface area contributed by atoms with E-state index in [4.69, 9.17) is 11.6 Å². The molecule has 1 atom stereocenters. The second-order valence-electron chi connectivity index (χ2n) is 9.10. The summed E-state index contributed by atoms with van der Waals surface area (Å²) in [5.41, 5.74) is 4.91. The van der Waals surface area contributed by atoms with E-state index in [0.29, 0.717) is 27.5 Å². The maximum absolute atomic E-state index is 13.6. The van der Waals surface area contributed by atoms with Crippen molar-refractivity contribution in [1.82, 2.24) is 20.2 Å². The summed E-state index contributed by atoms with van der Waals surface area (Å²) in [7, 11) is 0. The monoisotopic (exact) mass is 527 g/mol. The van der Waals surface area contributed by atoms with Gasteiger partial charge in [0.25, 0.3) is 0 Å². The molecule has 0 aliphatic heterocycles. The summed E-state index contributed by atoms with van der Waals surface area (Å²) in [6.45, 7) is 1.98. The van der Waals surface area contributed by atoms with Crippen LogP contribution in [0.4, 0.5) is 4.39 Å². The van der Waals surface area contributed by atoms with Gasteiger partial charge >= 0.3 is 0 Å². The van der Waals surface area contributed by atoms with Crippen LogP contribution in [0.25, 0.3) is 16.8 Å². The van der Waals surface area contributed by atoms with Crippen LogP contribution in [0.15, 0.2) is 91.4 Å². The molecule has 0 aliphatic rings. The van der Waals surface area contributed by atoms with E-state index >= 15 is 0 Å².